The molecule has 1 radical (unpaired) electrons. The van der Waals surface area contributed by atoms with Crippen LogP contribution in [0.4, 0.5) is 0 Å². The van der Waals surface area contributed by atoms with Gasteiger partial charge in [0.05, 0.1) is 0 Å². The molecule has 26 heavy (non-hydrogen) atoms. The summed E-state index contributed by atoms with van der Waals surface area (Å²) in [6.07, 6.45) is 1.75. The molecule has 0 heterocycles. The van der Waals surface area contributed by atoms with Gasteiger partial charge >= 0.3 is 45.2 Å². The summed E-state index contributed by atoms with van der Waals surface area (Å²) in [5.74, 6) is 0. The average molecular weight is 410 g/mol. The van der Waals surface area contributed by atoms with E-state index in [1.54, 1.807) is 0 Å². The van der Waals surface area contributed by atoms with Crippen molar-refractivity contribution in [3.8, 4) is 0 Å². The molecule has 5 nitrogen and oxygen atoms in total. The first-order valence-corrected chi connectivity index (χ1v) is 8.09. The van der Waals surface area contributed by atoms with Crippen molar-refractivity contribution in [2.24, 2.45) is 0 Å². The van der Waals surface area contributed by atoms with Crippen molar-refractivity contribution < 1.29 is 40.8 Å². The molecule has 2 aromatic carbocycles. The van der Waals surface area contributed by atoms with Crippen LogP contribution in [0.3, 0.4) is 0 Å². The molecule has 0 spiro atoms. The van der Waals surface area contributed by atoms with Crippen LogP contribution in [0, 0.1) is 33.2 Å². The zero-order valence-electron chi connectivity index (χ0n) is 13.7. The minimum absolute atomic E-state index is 0. The summed E-state index contributed by atoms with van der Waals surface area (Å²) in [4.78, 5) is 0. The molecule has 0 aliphatic heterocycles. The molecule has 0 saturated heterocycles. The van der Waals surface area contributed by atoms with Crippen LogP contribution >= 0.6 is 7.92 Å². The fourth-order valence-electron chi connectivity index (χ4n) is 1.81. The van der Waals surface area contributed by atoms with E-state index in [4.69, 9.17) is 23.7 Å². The molecule has 135 valence electrons. The van der Waals surface area contributed by atoms with Gasteiger partial charge in [-0.2, -0.15) is 6.42 Å². The first-order chi connectivity index (χ1) is 12.4. The fourth-order valence-corrected chi connectivity index (χ4v) is 4.06. The van der Waals surface area contributed by atoms with E-state index < -0.39 is 0 Å². The minimum atomic E-state index is -0.348. The van der Waals surface area contributed by atoms with Crippen molar-refractivity contribution in [3.63, 3.8) is 0 Å². The number of benzene rings is 2. The monoisotopic (exact) mass is 410 g/mol. The van der Waals surface area contributed by atoms with Crippen LogP contribution in [-0.2, 0) is 35.7 Å². The Balaban J connectivity index is -0.000000238. The van der Waals surface area contributed by atoms with E-state index >= 15 is 0 Å². The van der Waals surface area contributed by atoms with Crippen molar-refractivity contribution in [1.82, 2.24) is 0 Å². The number of rotatable bonds is 5. The Kier molecular flexibility index (Phi) is 34.6. The van der Waals surface area contributed by atoms with Gasteiger partial charge < -0.3 is 5.11 Å². The molecule has 1 N–H and O–H groups in total. The van der Waals surface area contributed by atoms with Crippen molar-refractivity contribution in [2.45, 2.75) is 6.42 Å². The van der Waals surface area contributed by atoms with Crippen molar-refractivity contribution in [2.75, 3.05) is 6.16 Å². The first kappa shape index (κ1) is 32.0. The molecular formula is C19H16MnO5P-. The second-order valence-corrected chi connectivity index (χ2v) is 6.13. The van der Waals surface area contributed by atoms with E-state index in [1.165, 1.54) is 17.2 Å². The van der Waals surface area contributed by atoms with Gasteiger partial charge in [0.2, 0.25) is 0 Å². The zero-order valence-corrected chi connectivity index (χ0v) is 15.7. The van der Waals surface area contributed by atoms with E-state index in [0.717, 1.165) is 12.6 Å². The Labute approximate surface area is 165 Å². The van der Waals surface area contributed by atoms with Crippen molar-refractivity contribution >= 4 is 18.5 Å². The van der Waals surface area contributed by atoms with Crippen LogP contribution in [0.1, 0.15) is 6.42 Å². The molecule has 0 saturated carbocycles. The summed E-state index contributed by atoms with van der Waals surface area (Å²) in [6, 6.07) is 21.1. The van der Waals surface area contributed by atoms with Gasteiger partial charge in [-0.15, -0.1) is 0 Å². The Bertz CT molecular complexity index is 533. The average Bonchev–Trinajstić information content (AvgIpc) is 2.76. The maximum absolute atomic E-state index is 8.89. The third-order valence-corrected chi connectivity index (χ3v) is 5.17. The summed E-state index contributed by atoms with van der Waals surface area (Å²) in [5, 5.41) is 11.6. The third-order valence-electron chi connectivity index (χ3n) is 2.62. The van der Waals surface area contributed by atoms with Crippen LogP contribution in [0.5, 0.6) is 0 Å². The standard InChI is InChI=1S/C15H16OP.4CO.Mn/c16-12-7-13-17(14-8-3-1-4-9-14)15-10-5-2-6-11-15;4*1-2;/h1-6,8-12,16H,7,13H2;;;;;/q-1;;;;;. The van der Waals surface area contributed by atoms with Gasteiger partial charge in [-0.3, -0.25) is 0 Å². The smallest absolute Gasteiger partial charge is 0 e. The molecule has 0 aliphatic carbocycles. The minimum Gasteiger partial charge on any atom is 0 e. The molecule has 0 amide bonds. The third kappa shape index (κ3) is 14.6. The van der Waals surface area contributed by atoms with Gasteiger partial charge in [0.1, 0.15) is 0 Å². The van der Waals surface area contributed by atoms with Crippen LogP contribution in [0.25, 0.3) is 0 Å². The van der Waals surface area contributed by atoms with Gasteiger partial charge in [0.15, 0.2) is 0 Å². The normalized spacial score (nSPS) is 7.31. The first-order valence-electron chi connectivity index (χ1n) is 6.57. The van der Waals surface area contributed by atoms with E-state index in [1.807, 2.05) is 12.1 Å². The number of hydrogen-bond donors (Lipinski definition) is 1. The molecule has 0 bridgehead atoms. The summed E-state index contributed by atoms with van der Waals surface area (Å²) in [5.41, 5.74) is 0. The van der Waals surface area contributed by atoms with Crippen molar-refractivity contribution in [1.29, 1.82) is 0 Å². The van der Waals surface area contributed by atoms with Gasteiger partial charge in [-0.05, 0) is 24.7 Å². The van der Waals surface area contributed by atoms with E-state index in [2.05, 4.69) is 75.1 Å². The largest absolute Gasteiger partial charge is 0 e. The van der Waals surface area contributed by atoms with Crippen LogP contribution in [0.2, 0.25) is 0 Å². The molecule has 0 aliphatic rings. The maximum Gasteiger partial charge on any atom is 0 e. The predicted molar refractivity (Wildman–Crippen MR) is 90.5 cm³/mol. The summed E-state index contributed by atoms with van der Waals surface area (Å²) >= 11 is 0. The Morgan fingerprint density at radius 3 is 1.27 bits per heavy atom. The Morgan fingerprint density at radius 2 is 1.00 bits per heavy atom. The van der Waals surface area contributed by atoms with E-state index in [9.17, 15) is 0 Å². The van der Waals surface area contributed by atoms with Crippen molar-refractivity contribution in [3.05, 3.63) is 93.9 Å². The number of hydrogen-bond acceptors (Lipinski definition) is 1. The Hall–Kier alpha value is -1.69. The SMILES string of the molecule is O[CH-]CCP(c1ccccc1)c1ccccc1.[C-]#[O+].[C-]#[O+].[C-]#[O+].[C-]#[O+].[Mn]. The quantitative estimate of drug-likeness (QED) is 0.349. The molecule has 2 rings (SSSR count). The van der Waals surface area contributed by atoms with Crippen LogP contribution in [0.15, 0.2) is 60.7 Å². The number of aliphatic hydroxyl groups is 1. The summed E-state index contributed by atoms with van der Waals surface area (Å²) in [6.45, 7) is 19.3. The molecule has 7 heteroatoms. The summed E-state index contributed by atoms with van der Waals surface area (Å²) < 4.78 is 30.0. The van der Waals surface area contributed by atoms with E-state index in [-0.39, 0.29) is 25.0 Å². The summed E-state index contributed by atoms with van der Waals surface area (Å²) in [7, 11) is -0.348. The van der Waals surface area contributed by atoms with Gasteiger partial charge in [0.25, 0.3) is 0 Å². The van der Waals surface area contributed by atoms with Gasteiger partial charge in [-0.1, -0.05) is 60.7 Å². The molecule has 0 fully saturated rings. The number of aliphatic hydroxyl groups excluding tert-OH is 1. The zero-order chi connectivity index (χ0) is 19.9. The van der Waals surface area contributed by atoms with Gasteiger partial charge in [-0.25, -0.2) is 6.61 Å². The van der Waals surface area contributed by atoms with E-state index in [0.29, 0.717) is 0 Å². The van der Waals surface area contributed by atoms with Crippen LogP contribution in [-0.4, -0.2) is 11.3 Å². The van der Waals surface area contributed by atoms with Crippen LogP contribution < -0.4 is 10.6 Å². The molecule has 0 aromatic heterocycles. The predicted octanol–water partition coefficient (Wildman–Crippen LogP) is 2.89. The second kappa shape index (κ2) is 28.1. The molecule has 2 aromatic rings. The molecule has 0 unspecified atom stereocenters. The maximum atomic E-state index is 8.89. The Morgan fingerprint density at radius 1 is 0.692 bits per heavy atom. The second-order valence-electron chi connectivity index (χ2n) is 3.79. The fraction of sp³-hybridized carbons (Fsp3) is 0.105. The molecule has 0 atom stereocenters. The topological polar surface area (TPSA) is 99.8 Å². The van der Waals surface area contributed by atoms with Gasteiger partial charge in [0, 0.05) is 17.1 Å². The molecular weight excluding hydrogens is 394 g/mol.